The molecular weight excluding hydrogens is 262 g/mol. The molecule has 1 atom stereocenters. The molecule has 0 bridgehead atoms. The van der Waals surface area contributed by atoms with Gasteiger partial charge in [-0.15, -0.1) is 0 Å². The van der Waals surface area contributed by atoms with E-state index in [1.807, 2.05) is 20.8 Å². The second-order valence-corrected chi connectivity index (χ2v) is 5.04. The lowest BCUT2D eigenvalue weighted by Gasteiger charge is -2.20. The molecule has 0 spiro atoms. The van der Waals surface area contributed by atoms with Crippen molar-refractivity contribution >= 4 is 11.6 Å². The first-order chi connectivity index (χ1) is 9.40. The fraction of sp³-hybridized carbons (Fsp3) is 0.615. The monoisotopic (exact) mass is 283 g/mol. The largest absolute Gasteiger partial charge is 0.394 e. The number of aryl methyl sites for hydroxylation is 1. The molecule has 0 fully saturated rings. The standard InChI is InChI=1S/C13H21N3O4/c1-4-5-15-7-10(16(19)20)6-12(15)13(18)14-11(8-17)9(2)3/h6-7,9,11,17H,4-5,8H2,1-3H3,(H,14,18)/t11-/m1/s1. The lowest BCUT2D eigenvalue weighted by atomic mass is 10.1. The highest BCUT2D eigenvalue weighted by atomic mass is 16.6. The van der Waals surface area contributed by atoms with Crippen LogP contribution in [0.5, 0.6) is 0 Å². The highest BCUT2D eigenvalue weighted by molar-refractivity contribution is 5.93. The summed E-state index contributed by atoms with van der Waals surface area (Å²) in [5, 5.41) is 22.7. The SMILES string of the molecule is CCCn1cc([N+](=O)[O-])cc1C(=O)N[C@H](CO)C(C)C. The number of nitrogens with zero attached hydrogens (tertiary/aromatic N) is 2. The van der Waals surface area contributed by atoms with Gasteiger partial charge in [-0.1, -0.05) is 20.8 Å². The van der Waals surface area contributed by atoms with Crippen LogP contribution in [0, 0.1) is 16.0 Å². The summed E-state index contributed by atoms with van der Waals surface area (Å²) in [5.74, 6) is -0.326. The topological polar surface area (TPSA) is 97.4 Å². The van der Waals surface area contributed by atoms with Crippen molar-refractivity contribution in [2.75, 3.05) is 6.61 Å². The number of nitrogens with one attached hydrogen (secondary N) is 1. The Balaban J connectivity index is 2.98. The summed E-state index contributed by atoms with van der Waals surface area (Å²) in [5.41, 5.74) is 0.145. The first-order valence-corrected chi connectivity index (χ1v) is 6.67. The fourth-order valence-corrected chi connectivity index (χ4v) is 1.88. The van der Waals surface area contributed by atoms with Crippen molar-refractivity contribution in [3.63, 3.8) is 0 Å². The number of amides is 1. The first-order valence-electron chi connectivity index (χ1n) is 6.67. The number of carbonyl (C=O) groups is 1. The number of aliphatic hydroxyl groups is 1. The molecule has 1 aromatic rings. The minimum absolute atomic E-state index is 0.0773. The van der Waals surface area contributed by atoms with Gasteiger partial charge in [0.05, 0.1) is 23.8 Å². The van der Waals surface area contributed by atoms with Crippen LogP contribution in [-0.2, 0) is 6.54 Å². The van der Waals surface area contributed by atoms with Crippen molar-refractivity contribution in [2.45, 2.75) is 39.8 Å². The van der Waals surface area contributed by atoms with Crippen LogP contribution in [0.25, 0.3) is 0 Å². The summed E-state index contributed by atoms with van der Waals surface area (Å²) < 4.78 is 1.57. The normalized spacial score (nSPS) is 12.4. The molecule has 1 amide bonds. The minimum atomic E-state index is -0.519. The Morgan fingerprint density at radius 1 is 1.55 bits per heavy atom. The van der Waals surface area contributed by atoms with Crippen molar-refractivity contribution in [1.29, 1.82) is 0 Å². The Hall–Kier alpha value is -1.89. The summed E-state index contributed by atoms with van der Waals surface area (Å²) in [7, 11) is 0. The Morgan fingerprint density at radius 3 is 2.65 bits per heavy atom. The average Bonchev–Trinajstić information content (AvgIpc) is 2.80. The van der Waals surface area contributed by atoms with Gasteiger partial charge in [0, 0.05) is 12.6 Å². The number of hydrogen-bond donors (Lipinski definition) is 2. The molecule has 0 saturated heterocycles. The van der Waals surface area contributed by atoms with Crippen molar-refractivity contribution in [2.24, 2.45) is 5.92 Å². The molecule has 2 N–H and O–H groups in total. The summed E-state index contributed by atoms with van der Waals surface area (Å²) in [6, 6.07) is 0.895. The highest BCUT2D eigenvalue weighted by Gasteiger charge is 2.22. The molecule has 1 heterocycles. The fourth-order valence-electron chi connectivity index (χ4n) is 1.88. The maximum absolute atomic E-state index is 12.2. The summed E-state index contributed by atoms with van der Waals surface area (Å²) in [6.45, 7) is 6.06. The number of nitro groups is 1. The number of carbonyl (C=O) groups excluding carboxylic acids is 1. The molecule has 0 unspecified atom stereocenters. The average molecular weight is 283 g/mol. The lowest BCUT2D eigenvalue weighted by Crippen LogP contribution is -2.41. The molecular formula is C13H21N3O4. The number of aromatic nitrogens is 1. The van der Waals surface area contributed by atoms with Gasteiger partial charge in [-0.25, -0.2) is 0 Å². The molecule has 0 saturated carbocycles. The van der Waals surface area contributed by atoms with Crippen LogP contribution in [0.15, 0.2) is 12.3 Å². The van der Waals surface area contributed by atoms with Gasteiger partial charge in [-0.3, -0.25) is 14.9 Å². The van der Waals surface area contributed by atoms with Gasteiger partial charge in [0.25, 0.3) is 11.6 Å². The van der Waals surface area contributed by atoms with E-state index in [2.05, 4.69) is 5.32 Å². The molecule has 0 aromatic carbocycles. The summed E-state index contributed by atoms with van der Waals surface area (Å²) in [4.78, 5) is 22.5. The molecule has 7 nitrogen and oxygen atoms in total. The van der Waals surface area contributed by atoms with Crippen LogP contribution in [0.1, 0.15) is 37.7 Å². The maximum atomic E-state index is 12.2. The van der Waals surface area contributed by atoms with Gasteiger partial charge < -0.3 is 15.0 Å². The Bertz CT molecular complexity index is 482. The van der Waals surface area contributed by atoms with Crippen LogP contribution in [0.3, 0.4) is 0 Å². The van der Waals surface area contributed by atoms with E-state index in [1.54, 1.807) is 4.57 Å². The third-order valence-corrected chi connectivity index (χ3v) is 3.11. The Kier molecular flexibility index (Phi) is 5.69. The Labute approximate surface area is 117 Å². The molecule has 20 heavy (non-hydrogen) atoms. The minimum Gasteiger partial charge on any atom is -0.394 e. The van der Waals surface area contributed by atoms with E-state index in [9.17, 15) is 20.0 Å². The zero-order chi connectivity index (χ0) is 15.3. The zero-order valence-electron chi connectivity index (χ0n) is 12.0. The molecule has 0 aliphatic carbocycles. The quantitative estimate of drug-likeness (QED) is 0.586. The van der Waals surface area contributed by atoms with Crippen LogP contribution < -0.4 is 5.32 Å². The van der Waals surface area contributed by atoms with Crippen LogP contribution in [0.4, 0.5) is 5.69 Å². The van der Waals surface area contributed by atoms with Gasteiger partial charge in [0.15, 0.2) is 0 Å². The predicted octanol–water partition coefficient (Wildman–Crippen LogP) is 1.55. The first kappa shape index (κ1) is 16.2. The lowest BCUT2D eigenvalue weighted by molar-refractivity contribution is -0.384. The Morgan fingerprint density at radius 2 is 2.20 bits per heavy atom. The summed E-state index contributed by atoms with van der Waals surface area (Å²) >= 11 is 0. The number of rotatable bonds is 7. The molecule has 1 rings (SSSR count). The van der Waals surface area contributed by atoms with Gasteiger partial charge >= 0.3 is 0 Å². The van der Waals surface area contributed by atoms with Gasteiger partial charge in [0.1, 0.15) is 5.69 Å². The smallest absolute Gasteiger partial charge is 0.287 e. The molecule has 1 aromatic heterocycles. The van der Waals surface area contributed by atoms with Gasteiger partial charge in [-0.2, -0.15) is 0 Å². The van der Waals surface area contributed by atoms with E-state index >= 15 is 0 Å². The third kappa shape index (κ3) is 3.80. The number of hydrogen-bond acceptors (Lipinski definition) is 4. The number of aliphatic hydroxyl groups excluding tert-OH is 1. The third-order valence-electron chi connectivity index (χ3n) is 3.11. The molecule has 0 aliphatic heterocycles. The van der Waals surface area contributed by atoms with Crippen LogP contribution >= 0.6 is 0 Å². The van der Waals surface area contributed by atoms with Crippen LogP contribution in [0.2, 0.25) is 0 Å². The zero-order valence-corrected chi connectivity index (χ0v) is 12.0. The molecule has 7 heteroatoms. The van der Waals surface area contributed by atoms with Gasteiger partial charge in [0.2, 0.25) is 0 Å². The van der Waals surface area contributed by atoms with Crippen molar-refractivity contribution in [1.82, 2.24) is 9.88 Å². The van der Waals surface area contributed by atoms with Crippen molar-refractivity contribution < 1.29 is 14.8 Å². The maximum Gasteiger partial charge on any atom is 0.287 e. The van der Waals surface area contributed by atoms with Crippen molar-refractivity contribution in [3.05, 3.63) is 28.1 Å². The van der Waals surface area contributed by atoms with E-state index in [0.717, 1.165) is 6.42 Å². The molecule has 0 radical (unpaired) electrons. The summed E-state index contributed by atoms with van der Waals surface area (Å²) in [6.07, 6.45) is 2.13. The molecule has 0 aliphatic rings. The van der Waals surface area contributed by atoms with Gasteiger partial charge in [-0.05, 0) is 12.3 Å². The predicted molar refractivity (Wildman–Crippen MR) is 74.6 cm³/mol. The van der Waals surface area contributed by atoms with Crippen molar-refractivity contribution in [3.8, 4) is 0 Å². The van der Waals surface area contributed by atoms with Crippen LogP contribution in [-0.4, -0.2) is 33.2 Å². The van der Waals surface area contributed by atoms with E-state index in [1.165, 1.54) is 12.3 Å². The second-order valence-electron chi connectivity index (χ2n) is 5.04. The molecule has 112 valence electrons. The van der Waals surface area contributed by atoms with E-state index < -0.39 is 10.8 Å². The highest BCUT2D eigenvalue weighted by Crippen LogP contribution is 2.17. The van der Waals surface area contributed by atoms with E-state index in [-0.39, 0.29) is 29.9 Å². The van der Waals surface area contributed by atoms with E-state index in [0.29, 0.717) is 6.54 Å². The second kappa shape index (κ2) is 7.04. The van der Waals surface area contributed by atoms with E-state index in [4.69, 9.17) is 0 Å².